The molecular weight excluding hydrogens is 528 g/mol. The standard InChI is InChI=1S/C32H23ClN2O3S/c1-37-27-12-5-4-11-24(27)30-25-15-13-19-7-2-3-10-23(19)29(25)34-32-35(30)31(36)28(39-32)18-22-14-16-26(38-22)20-8-6-9-21(33)17-20/h2-12,14,16-18,30H,13,15H2,1H3/b28-18+/t30-/m1/s1. The first-order valence-electron chi connectivity index (χ1n) is 12.7. The third-order valence-electron chi connectivity index (χ3n) is 7.32. The van der Waals surface area contributed by atoms with E-state index in [1.807, 2.05) is 71.3 Å². The molecule has 0 spiro atoms. The molecule has 5 aromatic rings. The van der Waals surface area contributed by atoms with Gasteiger partial charge in [-0.1, -0.05) is 77.5 Å². The Morgan fingerprint density at radius 2 is 1.87 bits per heavy atom. The van der Waals surface area contributed by atoms with Crippen molar-refractivity contribution in [1.29, 1.82) is 0 Å². The highest BCUT2D eigenvalue weighted by Gasteiger charge is 2.34. The van der Waals surface area contributed by atoms with Gasteiger partial charge in [0, 0.05) is 27.8 Å². The first-order chi connectivity index (χ1) is 19.1. The number of para-hydroxylation sites is 1. The van der Waals surface area contributed by atoms with E-state index >= 15 is 0 Å². The summed E-state index contributed by atoms with van der Waals surface area (Å²) in [5, 5.41) is 0.639. The zero-order chi connectivity index (χ0) is 26.5. The number of thiazole rings is 1. The van der Waals surface area contributed by atoms with Gasteiger partial charge in [0.05, 0.1) is 23.4 Å². The molecule has 3 aromatic carbocycles. The molecule has 0 N–H and O–H groups in total. The Hall–Kier alpha value is -4.13. The first kappa shape index (κ1) is 23.9. The quantitative estimate of drug-likeness (QED) is 0.266. The molecule has 3 heterocycles. The van der Waals surface area contributed by atoms with Crippen LogP contribution in [0.2, 0.25) is 5.02 Å². The molecule has 0 saturated heterocycles. The van der Waals surface area contributed by atoms with Gasteiger partial charge in [0.1, 0.15) is 17.3 Å². The Morgan fingerprint density at radius 1 is 1.03 bits per heavy atom. The van der Waals surface area contributed by atoms with E-state index in [1.165, 1.54) is 16.9 Å². The Morgan fingerprint density at radius 3 is 2.74 bits per heavy atom. The smallest absolute Gasteiger partial charge is 0.271 e. The number of aryl methyl sites for hydroxylation is 1. The van der Waals surface area contributed by atoms with E-state index in [2.05, 4.69) is 18.2 Å². The second-order valence-electron chi connectivity index (χ2n) is 9.57. The number of nitrogens with zero attached hydrogens (tertiary/aromatic N) is 2. The predicted octanol–water partition coefficient (Wildman–Crippen LogP) is 6.24. The van der Waals surface area contributed by atoms with Gasteiger partial charge in [-0.3, -0.25) is 9.36 Å². The lowest BCUT2D eigenvalue weighted by molar-refractivity contribution is 0.402. The van der Waals surface area contributed by atoms with Crippen LogP contribution in [-0.2, 0) is 6.42 Å². The number of benzene rings is 3. The summed E-state index contributed by atoms with van der Waals surface area (Å²) in [6, 6.07) is 27.3. The van der Waals surface area contributed by atoms with Crippen molar-refractivity contribution in [2.24, 2.45) is 4.99 Å². The van der Waals surface area contributed by atoms with Crippen molar-refractivity contribution in [3.05, 3.63) is 138 Å². The molecule has 0 radical (unpaired) electrons. The van der Waals surface area contributed by atoms with Crippen LogP contribution in [0.15, 0.2) is 105 Å². The van der Waals surface area contributed by atoms with Gasteiger partial charge in [-0.15, -0.1) is 0 Å². The average Bonchev–Trinajstić information content (AvgIpc) is 3.56. The number of furan rings is 1. The van der Waals surface area contributed by atoms with E-state index in [1.54, 1.807) is 13.2 Å². The number of fused-ring (bicyclic) bond motifs is 3. The van der Waals surface area contributed by atoms with E-state index in [0.29, 0.717) is 25.9 Å². The SMILES string of the molecule is COc1ccccc1[C@@H]1C2=C(N=c3s/c(=C/c4ccc(-c5cccc(Cl)c5)o4)c(=O)n31)c1ccccc1CC2. The molecule has 7 heteroatoms. The molecule has 0 bridgehead atoms. The minimum absolute atomic E-state index is 0.0965. The van der Waals surface area contributed by atoms with Gasteiger partial charge < -0.3 is 9.15 Å². The van der Waals surface area contributed by atoms with Crippen molar-refractivity contribution in [3.8, 4) is 17.1 Å². The molecule has 2 aromatic heterocycles. The van der Waals surface area contributed by atoms with E-state index < -0.39 is 0 Å². The van der Waals surface area contributed by atoms with E-state index in [0.717, 1.165) is 46.6 Å². The summed E-state index contributed by atoms with van der Waals surface area (Å²) in [6.07, 6.45) is 3.52. The van der Waals surface area contributed by atoms with Crippen LogP contribution in [0.25, 0.3) is 23.1 Å². The number of halogens is 1. The number of methoxy groups -OCH3 is 1. The molecule has 39 heavy (non-hydrogen) atoms. The highest BCUT2D eigenvalue weighted by molar-refractivity contribution is 7.07. The van der Waals surface area contributed by atoms with Crippen molar-refractivity contribution < 1.29 is 9.15 Å². The van der Waals surface area contributed by atoms with Gasteiger partial charge in [0.2, 0.25) is 0 Å². The molecule has 0 amide bonds. The van der Waals surface area contributed by atoms with E-state index in [4.69, 9.17) is 25.7 Å². The van der Waals surface area contributed by atoms with Gasteiger partial charge in [-0.25, -0.2) is 4.99 Å². The number of hydrogen-bond acceptors (Lipinski definition) is 5. The summed E-state index contributed by atoms with van der Waals surface area (Å²) < 4.78 is 14.2. The maximum atomic E-state index is 14.0. The minimum Gasteiger partial charge on any atom is -0.496 e. The fraction of sp³-hybridized carbons (Fsp3) is 0.125. The third-order valence-corrected chi connectivity index (χ3v) is 8.53. The van der Waals surface area contributed by atoms with Crippen LogP contribution < -0.4 is 19.6 Å². The lowest BCUT2D eigenvalue weighted by atomic mass is 9.83. The van der Waals surface area contributed by atoms with Crippen molar-refractivity contribution >= 4 is 34.7 Å². The van der Waals surface area contributed by atoms with Crippen molar-refractivity contribution in [2.45, 2.75) is 18.9 Å². The van der Waals surface area contributed by atoms with Crippen LogP contribution in [0.4, 0.5) is 0 Å². The highest BCUT2D eigenvalue weighted by atomic mass is 35.5. The lowest BCUT2D eigenvalue weighted by Crippen LogP contribution is -2.38. The van der Waals surface area contributed by atoms with Crippen LogP contribution in [-0.4, -0.2) is 11.7 Å². The van der Waals surface area contributed by atoms with Crippen LogP contribution in [0, 0.1) is 0 Å². The van der Waals surface area contributed by atoms with Gasteiger partial charge in [0.15, 0.2) is 4.80 Å². The zero-order valence-electron chi connectivity index (χ0n) is 21.1. The molecule has 7 rings (SSSR count). The molecule has 1 aliphatic carbocycles. The largest absolute Gasteiger partial charge is 0.496 e. The van der Waals surface area contributed by atoms with E-state index in [-0.39, 0.29) is 11.6 Å². The highest BCUT2D eigenvalue weighted by Crippen LogP contribution is 2.43. The molecule has 2 aliphatic rings. The van der Waals surface area contributed by atoms with Crippen LogP contribution >= 0.6 is 22.9 Å². The second-order valence-corrected chi connectivity index (χ2v) is 11.0. The molecule has 0 unspecified atom stereocenters. The molecule has 5 nitrogen and oxygen atoms in total. The number of aromatic nitrogens is 1. The van der Waals surface area contributed by atoms with Crippen molar-refractivity contribution in [3.63, 3.8) is 0 Å². The van der Waals surface area contributed by atoms with E-state index in [9.17, 15) is 4.79 Å². The molecule has 1 atom stereocenters. The fourth-order valence-corrected chi connectivity index (χ4v) is 6.72. The third kappa shape index (κ3) is 4.08. The number of ether oxygens (including phenoxy) is 1. The Balaban J connectivity index is 1.42. The second kappa shape index (κ2) is 9.56. The number of rotatable bonds is 4. The number of hydrogen-bond donors (Lipinski definition) is 0. The fourth-order valence-electron chi connectivity index (χ4n) is 5.55. The van der Waals surface area contributed by atoms with Gasteiger partial charge in [-0.2, -0.15) is 0 Å². The van der Waals surface area contributed by atoms with Gasteiger partial charge in [-0.05, 0) is 54.3 Å². The number of allylic oxidation sites excluding steroid dienone is 1. The van der Waals surface area contributed by atoms with Crippen LogP contribution in [0.3, 0.4) is 0 Å². The predicted molar refractivity (Wildman–Crippen MR) is 155 cm³/mol. The first-order valence-corrected chi connectivity index (χ1v) is 13.9. The molecule has 0 fully saturated rings. The Bertz CT molecular complexity index is 1960. The average molecular weight is 551 g/mol. The normalized spacial score (nSPS) is 16.4. The Kier molecular flexibility index (Phi) is 5.87. The topological polar surface area (TPSA) is 56.7 Å². The Labute approximate surface area is 233 Å². The van der Waals surface area contributed by atoms with Crippen LogP contribution in [0.5, 0.6) is 5.75 Å². The monoisotopic (exact) mass is 550 g/mol. The lowest BCUT2D eigenvalue weighted by Gasteiger charge is -2.31. The molecule has 192 valence electrons. The van der Waals surface area contributed by atoms with Gasteiger partial charge >= 0.3 is 0 Å². The van der Waals surface area contributed by atoms with Crippen molar-refractivity contribution in [1.82, 2.24) is 4.57 Å². The summed E-state index contributed by atoms with van der Waals surface area (Å²) in [5.41, 5.74) is 6.25. The maximum absolute atomic E-state index is 14.0. The van der Waals surface area contributed by atoms with Crippen LogP contribution in [0.1, 0.15) is 34.9 Å². The molecular formula is C32H23ClN2O3S. The summed E-state index contributed by atoms with van der Waals surface area (Å²) in [5.74, 6) is 2.04. The minimum atomic E-state index is -0.304. The summed E-state index contributed by atoms with van der Waals surface area (Å²) >= 11 is 7.54. The zero-order valence-corrected chi connectivity index (χ0v) is 22.6. The summed E-state index contributed by atoms with van der Waals surface area (Å²) in [4.78, 5) is 19.7. The molecule has 0 saturated carbocycles. The molecule has 1 aliphatic heterocycles. The van der Waals surface area contributed by atoms with Crippen molar-refractivity contribution in [2.75, 3.05) is 7.11 Å². The summed E-state index contributed by atoms with van der Waals surface area (Å²) in [7, 11) is 1.67. The van der Waals surface area contributed by atoms with Gasteiger partial charge in [0.25, 0.3) is 5.56 Å². The summed E-state index contributed by atoms with van der Waals surface area (Å²) in [6.45, 7) is 0. The maximum Gasteiger partial charge on any atom is 0.271 e.